The van der Waals surface area contributed by atoms with Crippen LogP contribution in [0.15, 0.2) is 24.3 Å². The van der Waals surface area contributed by atoms with Crippen LogP contribution in [0.2, 0.25) is 0 Å². The molecular weight excluding hydrogens is 182 g/mol. The highest BCUT2D eigenvalue weighted by Gasteiger charge is 2.12. The first kappa shape index (κ1) is 8.43. The Kier molecular flexibility index (Phi) is 1.98. The van der Waals surface area contributed by atoms with E-state index in [9.17, 15) is 9.90 Å². The lowest BCUT2D eigenvalue weighted by Crippen LogP contribution is -1.85. The number of aromatic nitrogens is 3. The van der Waals surface area contributed by atoms with Gasteiger partial charge in [-0.15, -0.1) is 0 Å². The normalized spacial score (nSPS) is 10.0. The van der Waals surface area contributed by atoms with Crippen LogP contribution in [-0.4, -0.2) is 26.8 Å². The molecule has 0 radical (unpaired) electrons. The van der Waals surface area contributed by atoms with Crippen molar-refractivity contribution in [3.8, 4) is 17.0 Å². The second-order valence-electron chi connectivity index (χ2n) is 2.69. The number of nitrogens with zero attached hydrogens (tertiary/aromatic N) is 2. The van der Waals surface area contributed by atoms with Crippen molar-refractivity contribution < 1.29 is 9.90 Å². The first-order valence-electron chi connectivity index (χ1n) is 3.97. The Morgan fingerprint density at radius 2 is 2.07 bits per heavy atom. The highest BCUT2D eigenvalue weighted by molar-refractivity contribution is 5.84. The third-order valence-electron chi connectivity index (χ3n) is 1.85. The van der Waals surface area contributed by atoms with Crippen LogP contribution < -0.4 is 0 Å². The van der Waals surface area contributed by atoms with Crippen LogP contribution in [0, 0.1) is 0 Å². The lowest BCUT2D eigenvalue weighted by Gasteiger charge is -1.99. The summed E-state index contributed by atoms with van der Waals surface area (Å²) in [6, 6.07) is 6.64. The van der Waals surface area contributed by atoms with Crippen molar-refractivity contribution in [2.24, 2.45) is 0 Å². The molecule has 5 nitrogen and oxygen atoms in total. The molecule has 0 atom stereocenters. The summed E-state index contributed by atoms with van der Waals surface area (Å²) in [7, 11) is 0. The topological polar surface area (TPSA) is 78.9 Å². The van der Waals surface area contributed by atoms with Crippen LogP contribution in [0.3, 0.4) is 0 Å². The summed E-state index contributed by atoms with van der Waals surface area (Å²) in [5, 5.41) is 19.3. The Balaban J connectivity index is 2.60. The maximum atomic E-state index is 10.6. The Hall–Kier alpha value is -2.17. The second kappa shape index (κ2) is 3.29. The van der Waals surface area contributed by atoms with Gasteiger partial charge in [-0.1, -0.05) is 12.1 Å². The van der Waals surface area contributed by atoms with Gasteiger partial charge in [0.05, 0.1) is 0 Å². The van der Waals surface area contributed by atoms with Crippen molar-refractivity contribution >= 4 is 6.29 Å². The van der Waals surface area contributed by atoms with E-state index in [1.165, 1.54) is 6.07 Å². The van der Waals surface area contributed by atoms with E-state index >= 15 is 0 Å². The Bertz CT molecular complexity index is 465. The number of aromatic amines is 1. The van der Waals surface area contributed by atoms with E-state index in [1.54, 1.807) is 18.2 Å². The zero-order valence-corrected chi connectivity index (χ0v) is 7.14. The van der Waals surface area contributed by atoms with Gasteiger partial charge in [0.25, 0.3) is 0 Å². The summed E-state index contributed by atoms with van der Waals surface area (Å²) >= 11 is 0. The number of aldehydes is 1. The molecule has 0 saturated heterocycles. The summed E-state index contributed by atoms with van der Waals surface area (Å²) in [4.78, 5) is 10.6. The van der Waals surface area contributed by atoms with Gasteiger partial charge >= 0.3 is 0 Å². The molecule has 1 aromatic heterocycles. The third-order valence-corrected chi connectivity index (χ3v) is 1.85. The predicted molar refractivity (Wildman–Crippen MR) is 48.9 cm³/mol. The number of phenolic OH excluding ortho intramolecular Hbond substituents is 1. The highest BCUT2D eigenvalue weighted by Crippen LogP contribution is 2.27. The summed E-state index contributed by atoms with van der Waals surface area (Å²) in [5.41, 5.74) is 1.04. The molecule has 2 N–H and O–H groups in total. The van der Waals surface area contributed by atoms with Crippen molar-refractivity contribution in [2.75, 3.05) is 0 Å². The average Bonchev–Trinajstić information content (AvgIpc) is 2.66. The zero-order chi connectivity index (χ0) is 9.97. The number of carbonyl (C=O) groups excluding carboxylic acids is 1. The van der Waals surface area contributed by atoms with Gasteiger partial charge in [0, 0.05) is 5.56 Å². The molecule has 14 heavy (non-hydrogen) atoms. The molecule has 1 aromatic carbocycles. The predicted octanol–water partition coefficient (Wildman–Crippen LogP) is 0.990. The maximum absolute atomic E-state index is 10.6. The summed E-state index contributed by atoms with van der Waals surface area (Å²) in [6.07, 6.45) is 0.589. The average molecular weight is 189 g/mol. The fourth-order valence-corrected chi connectivity index (χ4v) is 1.19. The molecule has 0 amide bonds. The number of hydrogen-bond acceptors (Lipinski definition) is 4. The van der Waals surface area contributed by atoms with Gasteiger partial charge in [-0.2, -0.15) is 15.4 Å². The molecule has 1 heterocycles. The van der Waals surface area contributed by atoms with Crippen molar-refractivity contribution in [2.45, 2.75) is 0 Å². The molecule has 5 heteroatoms. The van der Waals surface area contributed by atoms with Crippen LogP contribution in [0.5, 0.6) is 5.75 Å². The number of rotatable bonds is 2. The standard InChI is InChI=1S/C9H7N3O2/c13-5-7-9(11-12-10-7)6-3-1-2-4-8(6)14/h1-5,14H,(H,10,11,12). The summed E-state index contributed by atoms with van der Waals surface area (Å²) in [6.45, 7) is 0. The fraction of sp³-hybridized carbons (Fsp3) is 0. The Morgan fingerprint density at radius 1 is 1.29 bits per heavy atom. The van der Waals surface area contributed by atoms with Crippen LogP contribution in [0.25, 0.3) is 11.3 Å². The minimum atomic E-state index is 0.0736. The monoisotopic (exact) mass is 189 g/mol. The highest BCUT2D eigenvalue weighted by atomic mass is 16.3. The van der Waals surface area contributed by atoms with E-state index in [0.717, 1.165) is 0 Å². The van der Waals surface area contributed by atoms with Crippen LogP contribution in [-0.2, 0) is 0 Å². The molecule has 70 valence electrons. The first-order valence-corrected chi connectivity index (χ1v) is 3.97. The van der Waals surface area contributed by atoms with E-state index in [1.807, 2.05) is 0 Å². The lowest BCUT2D eigenvalue weighted by atomic mass is 10.1. The van der Waals surface area contributed by atoms with Crippen molar-refractivity contribution in [1.29, 1.82) is 0 Å². The van der Waals surface area contributed by atoms with Crippen LogP contribution in [0.4, 0.5) is 0 Å². The number of carbonyl (C=O) groups is 1. The molecule has 0 unspecified atom stereocenters. The number of hydrogen-bond donors (Lipinski definition) is 2. The summed E-state index contributed by atoms with van der Waals surface area (Å²) < 4.78 is 0. The first-order chi connectivity index (χ1) is 6.83. The van der Waals surface area contributed by atoms with Gasteiger partial charge in [0.15, 0.2) is 12.0 Å². The number of phenols is 1. The van der Waals surface area contributed by atoms with E-state index in [-0.39, 0.29) is 11.4 Å². The van der Waals surface area contributed by atoms with Gasteiger partial charge in [0.1, 0.15) is 11.4 Å². The van der Waals surface area contributed by atoms with E-state index in [4.69, 9.17) is 0 Å². The second-order valence-corrected chi connectivity index (χ2v) is 2.69. The smallest absolute Gasteiger partial charge is 0.172 e. The Labute approximate surface area is 79.4 Å². The Morgan fingerprint density at radius 3 is 2.79 bits per heavy atom. The number of benzene rings is 1. The molecule has 0 aliphatic carbocycles. The molecule has 0 spiro atoms. The molecule has 0 bridgehead atoms. The number of para-hydroxylation sites is 1. The van der Waals surface area contributed by atoms with Gasteiger partial charge in [-0.05, 0) is 12.1 Å². The van der Waals surface area contributed by atoms with Crippen LogP contribution >= 0.6 is 0 Å². The molecule has 0 aliphatic heterocycles. The fourth-order valence-electron chi connectivity index (χ4n) is 1.19. The van der Waals surface area contributed by atoms with Gasteiger partial charge in [-0.3, -0.25) is 4.79 Å². The summed E-state index contributed by atoms with van der Waals surface area (Å²) in [5.74, 6) is 0.0736. The third kappa shape index (κ3) is 1.24. The molecule has 0 aliphatic rings. The van der Waals surface area contributed by atoms with Gasteiger partial charge in [-0.25, -0.2) is 0 Å². The van der Waals surface area contributed by atoms with E-state index in [0.29, 0.717) is 17.5 Å². The molecule has 0 fully saturated rings. The minimum Gasteiger partial charge on any atom is -0.507 e. The van der Waals surface area contributed by atoms with Crippen molar-refractivity contribution in [1.82, 2.24) is 15.4 Å². The molecule has 2 rings (SSSR count). The maximum Gasteiger partial charge on any atom is 0.172 e. The van der Waals surface area contributed by atoms with Crippen LogP contribution in [0.1, 0.15) is 10.5 Å². The number of H-pyrrole nitrogens is 1. The number of aromatic hydroxyl groups is 1. The number of nitrogens with one attached hydrogen (secondary N) is 1. The van der Waals surface area contributed by atoms with Crippen molar-refractivity contribution in [3.63, 3.8) is 0 Å². The lowest BCUT2D eigenvalue weighted by molar-refractivity contribution is 0.111. The van der Waals surface area contributed by atoms with Crippen molar-refractivity contribution in [3.05, 3.63) is 30.0 Å². The zero-order valence-electron chi connectivity index (χ0n) is 7.14. The molecule has 0 saturated carbocycles. The van der Waals surface area contributed by atoms with Gasteiger partial charge in [0.2, 0.25) is 0 Å². The molecule has 2 aromatic rings. The SMILES string of the molecule is O=Cc1n[nH]nc1-c1ccccc1O. The quantitative estimate of drug-likeness (QED) is 0.690. The van der Waals surface area contributed by atoms with Gasteiger partial charge < -0.3 is 5.11 Å². The van der Waals surface area contributed by atoms with E-state index in [2.05, 4.69) is 15.4 Å². The minimum absolute atomic E-state index is 0.0736. The largest absolute Gasteiger partial charge is 0.507 e. The molecular formula is C9H7N3O2. The van der Waals surface area contributed by atoms with E-state index < -0.39 is 0 Å².